The maximum atomic E-state index is 5.98. The average molecular weight is 351 g/mol. The molecule has 2 aromatic heterocycles. The van der Waals surface area contributed by atoms with E-state index >= 15 is 0 Å². The second-order valence-corrected chi connectivity index (χ2v) is 6.16. The van der Waals surface area contributed by atoms with Crippen LogP contribution in [0.1, 0.15) is 6.42 Å². The number of thioether (sulfide) groups is 1. The van der Waals surface area contributed by atoms with Crippen LogP contribution in [0, 0.1) is 0 Å². The number of hydrogen-bond acceptors (Lipinski definition) is 6. The van der Waals surface area contributed by atoms with E-state index in [0.29, 0.717) is 28.4 Å². The van der Waals surface area contributed by atoms with Crippen molar-refractivity contribution in [2.24, 2.45) is 0 Å². The predicted molar refractivity (Wildman–Crippen MR) is 90.2 cm³/mol. The van der Waals surface area contributed by atoms with E-state index < -0.39 is 0 Å². The van der Waals surface area contributed by atoms with Gasteiger partial charge in [-0.1, -0.05) is 23.4 Å². The first-order valence-electron chi connectivity index (χ1n) is 6.99. The summed E-state index contributed by atoms with van der Waals surface area (Å²) < 4.78 is 12.3. The zero-order valence-corrected chi connectivity index (χ0v) is 13.8. The molecule has 8 heteroatoms. The van der Waals surface area contributed by atoms with E-state index in [1.165, 1.54) is 16.4 Å². The molecule has 0 amide bonds. The summed E-state index contributed by atoms with van der Waals surface area (Å²) in [5.41, 5.74) is 0. The number of ether oxygens (including phenoxy) is 1. The summed E-state index contributed by atoms with van der Waals surface area (Å²) in [4.78, 5) is 0. The Labute approximate surface area is 142 Å². The topological polar surface area (TPSA) is 79.1 Å². The van der Waals surface area contributed by atoms with Gasteiger partial charge in [-0.05, 0) is 42.8 Å². The highest BCUT2D eigenvalue weighted by Gasteiger charge is 2.13. The minimum Gasteiger partial charge on any atom is -0.494 e. The van der Waals surface area contributed by atoms with Gasteiger partial charge in [-0.2, -0.15) is 0 Å². The summed E-state index contributed by atoms with van der Waals surface area (Å²) in [5.74, 6) is 8.71. The molecule has 2 N–H and O–H groups in total. The van der Waals surface area contributed by atoms with Gasteiger partial charge in [0, 0.05) is 10.8 Å². The first kappa shape index (κ1) is 15.8. The maximum absolute atomic E-state index is 5.98. The molecule has 120 valence electrons. The second kappa shape index (κ2) is 7.43. The Kier molecular flexibility index (Phi) is 5.09. The molecule has 0 saturated heterocycles. The Bertz CT molecular complexity index is 743. The summed E-state index contributed by atoms with van der Waals surface area (Å²) in [6.07, 6.45) is 2.43. The van der Waals surface area contributed by atoms with Crippen molar-refractivity contribution in [2.75, 3.05) is 18.2 Å². The van der Waals surface area contributed by atoms with Crippen molar-refractivity contribution in [3.05, 3.63) is 47.7 Å². The summed E-state index contributed by atoms with van der Waals surface area (Å²) in [6, 6.07) is 10.9. The third-order valence-electron chi connectivity index (χ3n) is 3.01. The predicted octanol–water partition coefficient (Wildman–Crippen LogP) is 3.47. The minimum absolute atomic E-state index is 0.509. The van der Waals surface area contributed by atoms with Crippen molar-refractivity contribution in [1.29, 1.82) is 0 Å². The van der Waals surface area contributed by atoms with Crippen LogP contribution >= 0.6 is 23.4 Å². The Morgan fingerprint density at radius 3 is 2.78 bits per heavy atom. The Morgan fingerprint density at radius 1 is 1.22 bits per heavy atom. The zero-order valence-electron chi connectivity index (χ0n) is 12.2. The molecule has 0 atom stereocenters. The number of aromatic nitrogens is 3. The van der Waals surface area contributed by atoms with Crippen LogP contribution in [0.15, 0.2) is 52.2 Å². The molecule has 2 heterocycles. The molecule has 0 unspecified atom stereocenters. The lowest BCUT2D eigenvalue weighted by Crippen LogP contribution is -2.11. The summed E-state index contributed by atoms with van der Waals surface area (Å²) in [7, 11) is 0. The van der Waals surface area contributed by atoms with E-state index in [-0.39, 0.29) is 0 Å². The molecule has 0 radical (unpaired) electrons. The van der Waals surface area contributed by atoms with Gasteiger partial charge in [-0.3, -0.25) is 0 Å². The Hall–Kier alpha value is -2.12. The SMILES string of the molecule is Nn1c(SCCCOc2ccc(Cl)cc2)nnc1-c1ccco1. The van der Waals surface area contributed by atoms with Crippen LogP contribution < -0.4 is 10.6 Å². The van der Waals surface area contributed by atoms with Crippen molar-refractivity contribution in [2.45, 2.75) is 11.6 Å². The molecular weight excluding hydrogens is 336 g/mol. The van der Waals surface area contributed by atoms with Crippen molar-refractivity contribution >= 4 is 23.4 Å². The van der Waals surface area contributed by atoms with Gasteiger partial charge >= 0.3 is 0 Å². The maximum Gasteiger partial charge on any atom is 0.218 e. The number of nitrogens with two attached hydrogens (primary N) is 1. The summed E-state index contributed by atoms with van der Waals surface area (Å²) in [5, 5.41) is 9.45. The van der Waals surface area contributed by atoms with Gasteiger partial charge < -0.3 is 15.0 Å². The standard InChI is InChI=1S/C15H15ClN4O2S/c16-11-4-6-12(7-5-11)21-9-2-10-23-15-19-18-14(20(15)17)13-3-1-8-22-13/h1,3-8H,2,9-10,17H2. The van der Waals surface area contributed by atoms with Crippen LogP contribution in [0.2, 0.25) is 5.02 Å². The van der Waals surface area contributed by atoms with Gasteiger partial charge in [0.15, 0.2) is 5.76 Å². The van der Waals surface area contributed by atoms with E-state index in [9.17, 15) is 0 Å². The van der Waals surface area contributed by atoms with Crippen LogP contribution in [-0.2, 0) is 0 Å². The lowest BCUT2D eigenvalue weighted by Gasteiger charge is -2.06. The highest BCUT2D eigenvalue weighted by Crippen LogP contribution is 2.22. The molecule has 23 heavy (non-hydrogen) atoms. The largest absolute Gasteiger partial charge is 0.494 e. The van der Waals surface area contributed by atoms with Crippen LogP contribution in [0.25, 0.3) is 11.6 Å². The van der Waals surface area contributed by atoms with Gasteiger partial charge in [0.1, 0.15) is 5.75 Å². The molecule has 0 aliphatic carbocycles. The van der Waals surface area contributed by atoms with Gasteiger partial charge in [0.05, 0.1) is 12.9 Å². The number of rotatable bonds is 7. The molecule has 0 fully saturated rings. The van der Waals surface area contributed by atoms with Gasteiger partial charge in [0.2, 0.25) is 11.0 Å². The quantitative estimate of drug-likeness (QED) is 0.399. The fraction of sp³-hybridized carbons (Fsp3) is 0.200. The Morgan fingerprint density at radius 2 is 2.04 bits per heavy atom. The van der Waals surface area contributed by atoms with E-state index in [1.54, 1.807) is 30.5 Å². The molecule has 0 spiro atoms. The Balaban J connectivity index is 1.45. The molecule has 3 aromatic rings. The normalized spacial score (nSPS) is 10.8. The summed E-state index contributed by atoms with van der Waals surface area (Å²) in [6.45, 7) is 0.610. The van der Waals surface area contributed by atoms with Gasteiger partial charge in [-0.15, -0.1) is 10.2 Å². The van der Waals surface area contributed by atoms with E-state index in [2.05, 4.69) is 10.2 Å². The van der Waals surface area contributed by atoms with E-state index in [4.69, 9.17) is 26.6 Å². The fourth-order valence-electron chi connectivity index (χ4n) is 1.89. The van der Waals surface area contributed by atoms with E-state index in [1.807, 2.05) is 12.1 Å². The van der Waals surface area contributed by atoms with Gasteiger partial charge in [0.25, 0.3) is 0 Å². The highest BCUT2D eigenvalue weighted by atomic mass is 35.5. The third-order valence-corrected chi connectivity index (χ3v) is 4.29. The zero-order chi connectivity index (χ0) is 16.1. The monoisotopic (exact) mass is 350 g/mol. The van der Waals surface area contributed by atoms with Crippen molar-refractivity contribution < 1.29 is 9.15 Å². The summed E-state index contributed by atoms with van der Waals surface area (Å²) >= 11 is 7.35. The van der Waals surface area contributed by atoms with Crippen LogP contribution in [0.3, 0.4) is 0 Å². The first-order valence-corrected chi connectivity index (χ1v) is 8.36. The van der Waals surface area contributed by atoms with Crippen LogP contribution in [0.5, 0.6) is 5.75 Å². The molecule has 6 nitrogen and oxygen atoms in total. The highest BCUT2D eigenvalue weighted by molar-refractivity contribution is 7.99. The lowest BCUT2D eigenvalue weighted by molar-refractivity contribution is 0.318. The molecule has 1 aromatic carbocycles. The number of halogens is 1. The lowest BCUT2D eigenvalue weighted by atomic mass is 10.3. The second-order valence-electron chi connectivity index (χ2n) is 4.66. The number of hydrogen-bond donors (Lipinski definition) is 1. The minimum atomic E-state index is 0.509. The molecular formula is C15H15ClN4O2S. The first-order chi connectivity index (χ1) is 11.2. The molecule has 0 aliphatic heterocycles. The van der Waals surface area contributed by atoms with Gasteiger partial charge in [-0.25, -0.2) is 4.68 Å². The van der Waals surface area contributed by atoms with Crippen molar-refractivity contribution in [3.63, 3.8) is 0 Å². The molecule has 0 bridgehead atoms. The van der Waals surface area contributed by atoms with Crippen LogP contribution in [-0.4, -0.2) is 27.2 Å². The number of benzene rings is 1. The van der Waals surface area contributed by atoms with Crippen LogP contribution in [0.4, 0.5) is 0 Å². The average Bonchev–Trinajstić information content (AvgIpc) is 3.19. The third kappa shape index (κ3) is 4.00. The van der Waals surface area contributed by atoms with Crippen molar-refractivity contribution in [1.82, 2.24) is 14.9 Å². The van der Waals surface area contributed by atoms with E-state index in [0.717, 1.165) is 17.9 Å². The molecule has 3 rings (SSSR count). The molecule has 0 saturated carbocycles. The van der Waals surface area contributed by atoms with Crippen molar-refractivity contribution in [3.8, 4) is 17.3 Å². The number of nitrogens with zero attached hydrogens (tertiary/aromatic N) is 3. The smallest absolute Gasteiger partial charge is 0.218 e. The number of nitrogen functional groups attached to an aromatic ring is 1. The fourth-order valence-corrected chi connectivity index (χ4v) is 2.79. The molecule has 0 aliphatic rings. The number of furan rings is 1.